The van der Waals surface area contributed by atoms with Crippen LogP contribution in [0.15, 0.2) is 48.8 Å². The molecule has 2 aromatic rings. The number of methoxy groups -OCH3 is 1. The summed E-state index contributed by atoms with van der Waals surface area (Å²) in [5.41, 5.74) is 2.25. The van der Waals surface area contributed by atoms with Crippen LogP contribution in [0.2, 0.25) is 0 Å². The minimum atomic E-state index is -0.0659. The van der Waals surface area contributed by atoms with Crippen LogP contribution in [-0.2, 0) is 16.1 Å². The van der Waals surface area contributed by atoms with Crippen LogP contribution in [0, 0.1) is 11.8 Å². The second-order valence-electron chi connectivity index (χ2n) is 7.32. The molecule has 3 rings (SSSR count). The predicted octanol–water partition coefficient (Wildman–Crippen LogP) is 3.36. The molecule has 2 unspecified atom stereocenters. The van der Waals surface area contributed by atoms with Gasteiger partial charge in [-0.1, -0.05) is 13.0 Å². The second kappa shape index (κ2) is 9.46. The smallest absolute Gasteiger partial charge is 0.254 e. The Hall–Kier alpha value is -2.73. The van der Waals surface area contributed by atoms with Crippen molar-refractivity contribution in [2.75, 3.05) is 25.6 Å². The summed E-state index contributed by atoms with van der Waals surface area (Å²) >= 11 is 0. The molecule has 2 amide bonds. The molecule has 0 radical (unpaired) electrons. The molecule has 0 saturated heterocycles. The van der Waals surface area contributed by atoms with Crippen LogP contribution in [0.3, 0.4) is 0 Å². The molecule has 6 heteroatoms. The van der Waals surface area contributed by atoms with Gasteiger partial charge in [-0.2, -0.15) is 0 Å². The zero-order valence-corrected chi connectivity index (χ0v) is 16.4. The van der Waals surface area contributed by atoms with E-state index in [1.54, 1.807) is 42.6 Å². The minimum absolute atomic E-state index is 0.0332. The Morgan fingerprint density at radius 2 is 2.00 bits per heavy atom. The largest absolute Gasteiger partial charge is 0.385 e. The molecule has 148 valence electrons. The molecule has 1 aliphatic carbocycles. The first kappa shape index (κ1) is 20.0. The van der Waals surface area contributed by atoms with Crippen molar-refractivity contribution in [3.63, 3.8) is 0 Å². The lowest BCUT2D eigenvalue weighted by atomic mass is 10.1. The van der Waals surface area contributed by atoms with Crippen molar-refractivity contribution in [2.45, 2.75) is 26.3 Å². The maximum absolute atomic E-state index is 13.1. The summed E-state index contributed by atoms with van der Waals surface area (Å²) in [7, 11) is 1.65. The quantitative estimate of drug-likeness (QED) is 0.676. The van der Waals surface area contributed by atoms with Crippen LogP contribution in [0.5, 0.6) is 0 Å². The van der Waals surface area contributed by atoms with Crippen LogP contribution in [0.25, 0.3) is 0 Å². The maximum Gasteiger partial charge on any atom is 0.254 e. The number of pyridine rings is 1. The molecule has 1 aromatic carbocycles. The lowest BCUT2D eigenvalue weighted by Gasteiger charge is -2.23. The van der Waals surface area contributed by atoms with E-state index < -0.39 is 0 Å². The summed E-state index contributed by atoms with van der Waals surface area (Å²) in [6.45, 7) is 3.75. The van der Waals surface area contributed by atoms with Crippen molar-refractivity contribution in [2.24, 2.45) is 11.8 Å². The topological polar surface area (TPSA) is 71.5 Å². The number of amides is 2. The number of aromatic nitrogens is 1. The van der Waals surface area contributed by atoms with E-state index in [1.165, 1.54) is 0 Å². The van der Waals surface area contributed by atoms with Crippen molar-refractivity contribution in [1.29, 1.82) is 0 Å². The van der Waals surface area contributed by atoms with E-state index >= 15 is 0 Å². The highest BCUT2D eigenvalue weighted by molar-refractivity contribution is 5.98. The van der Waals surface area contributed by atoms with Gasteiger partial charge < -0.3 is 15.0 Å². The third-order valence-electron chi connectivity index (χ3n) is 5.01. The van der Waals surface area contributed by atoms with Crippen LogP contribution in [0.4, 0.5) is 5.69 Å². The summed E-state index contributed by atoms with van der Waals surface area (Å²) in [6.07, 6.45) is 5.14. The van der Waals surface area contributed by atoms with Crippen molar-refractivity contribution >= 4 is 17.5 Å². The van der Waals surface area contributed by atoms with Gasteiger partial charge in [0, 0.05) is 56.4 Å². The fourth-order valence-corrected chi connectivity index (χ4v) is 3.20. The lowest BCUT2D eigenvalue weighted by molar-refractivity contribution is -0.117. The number of hydrogen-bond acceptors (Lipinski definition) is 4. The second-order valence-corrected chi connectivity index (χ2v) is 7.32. The fourth-order valence-electron chi connectivity index (χ4n) is 3.20. The number of carbonyl (C=O) groups excluding carboxylic acids is 2. The standard InChI is InChI=1S/C22H27N3O3/c1-16-13-20(16)21(26)24-19-6-3-5-18(14-19)22(27)25(11-4-12-28-2)15-17-7-9-23-10-8-17/h3,5-10,14,16,20H,4,11-13,15H2,1-2H3,(H,24,26). The van der Waals surface area contributed by atoms with Crippen LogP contribution >= 0.6 is 0 Å². The highest BCUT2D eigenvalue weighted by atomic mass is 16.5. The molecule has 1 fully saturated rings. The summed E-state index contributed by atoms with van der Waals surface area (Å²) in [6, 6.07) is 11.0. The van der Waals surface area contributed by atoms with Gasteiger partial charge in [0.15, 0.2) is 0 Å². The van der Waals surface area contributed by atoms with Crippen LogP contribution in [-0.4, -0.2) is 42.0 Å². The van der Waals surface area contributed by atoms with Crippen molar-refractivity contribution in [3.8, 4) is 0 Å². The normalized spacial score (nSPS) is 17.8. The van der Waals surface area contributed by atoms with E-state index in [-0.39, 0.29) is 17.7 Å². The molecule has 0 spiro atoms. The molecule has 1 N–H and O–H groups in total. The zero-order chi connectivity index (χ0) is 19.9. The maximum atomic E-state index is 13.1. The van der Waals surface area contributed by atoms with Gasteiger partial charge in [-0.15, -0.1) is 0 Å². The number of carbonyl (C=O) groups is 2. The molecule has 0 aliphatic heterocycles. The Kier molecular flexibility index (Phi) is 6.76. The molecule has 1 aromatic heterocycles. The Labute approximate surface area is 165 Å². The molecule has 2 atom stereocenters. The SMILES string of the molecule is COCCCN(Cc1ccncc1)C(=O)c1cccc(NC(=O)C2CC2C)c1. The molecule has 1 heterocycles. The van der Waals surface area contributed by atoms with Crippen molar-refractivity contribution in [1.82, 2.24) is 9.88 Å². The first-order valence-corrected chi connectivity index (χ1v) is 9.66. The van der Waals surface area contributed by atoms with Gasteiger partial charge in [0.1, 0.15) is 0 Å². The van der Waals surface area contributed by atoms with Crippen LogP contribution in [0.1, 0.15) is 35.7 Å². The predicted molar refractivity (Wildman–Crippen MR) is 108 cm³/mol. The Bertz CT molecular complexity index is 810. The van der Waals surface area contributed by atoms with E-state index in [9.17, 15) is 9.59 Å². The Balaban J connectivity index is 1.71. The van der Waals surface area contributed by atoms with Gasteiger partial charge in [0.2, 0.25) is 5.91 Å². The van der Waals surface area contributed by atoms with Crippen molar-refractivity contribution in [3.05, 3.63) is 59.9 Å². The van der Waals surface area contributed by atoms with E-state index in [2.05, 4.69) is 17.2 Å². The zero-order valence-electron chi connectivity index (χ0n) is 16.4. The number of hydrogen-bond donors (Lipinski definition) is 1. The summed E-state index contributed by atoms with van der Waals surface area (Å²) in [5, 5.41) is 2.93. The molecule has 6 nitrogen and oxygen atoms in total. The minimum Gasteiger partial charge on any atom is -0.385 e. The number of benzene rings is 1. The molecule has 0 bridgehead atoms. The molecule has 28 heavy (non-hydrogen) atoms. The third-order valence-corrected chi connectivity index (χ3v) is 5.01. The summed E-state index contributed by atoms with van der Waals surface area (Å²) in [4.78, 5) is 31.2. The average Bonchev–Trinajstić information content (AvgIpc) is 3.45. The molecule has 1 aliphatic rings. The summed E-state index contributed by atoms with van der Waals surface area (Å²) in [5.74, 6) is 0.507. The molecule has 1 saturated carbocycles. The molecular weight excluding hydrogens is 354 g/mol. The number of nitrogens with one attached hydrogen (secondary N) is 1. The van der Waals surface area contributed by atoms with E-state index in [1.807, 2.05) is 18.2 Å². The number of anilines is 1. The van der Waals surface area contributed by atoms with Gasteiger partial charge in [0.05, 0.1) is 0 Å². The van der Waals surface area contributed by atoms with Gasteiger partial charge in [-0.3, -0.25) is 14.6 Å². The summed E-state index contributed by atoms with van der Waals surface area (Å²) < 4.78 is 5.13. The van der Waals surface area contributed by atoms with E-state index in [0.717, 1.165) is 18.4 Å². The third kappa shape index (κ3) is 5.39. The number of nitrogens with zero attached hydrogens (tertiary/aromatic N) is 2. The Morgan fingerprint density at radius 3 is 2.68 bits per heavy atom. The first-order chi connectivity index (χ1) is 13.6. The van der Waals surface area contributed by atoms with E-state index in [0.29, 0.717) is 36.9 Å². The highest BCUT2D eigenvalue weighted by Gasteiger charge is 2.39. The van der Waals surface area contributed by atoms with Crippen LogP contribution < -0.4 is 5.32 Å². The number of ether oxygens (including phenoxy) is 1. The van der Waals surface area contributed by atoms with Gasteiger partial charge in [0.25, 0.3) is 5.91 Å². The lowest BCUT2D eigenvalue weighted by Crippen LogP contribution is -2.32. The molecular formula is C22H27N3O3. The average molecular weight is 381 g/mol. The van der Waals surface area contributed by atoms with Gasteiger partial charge >= 0.3 is 0 Å². The van der Waals surface area contributed by atoms with E-state index in [4.69, 9.17) is 4.74 Å². The Morgan fingerprint density at radius 1 is 1.25 bits per heavy atom. The van der Waals surface area contributed by atoms with Gasteiger partial charge in [-0.05, 0) is 54.7 Å². The van der Waals surface area contributed by atoms with Crippen molar-refractivity contribution < 1.29 is 14.3 Å². The fraction of sp³-hybridized carbons (Fsp3) is 0.409. The van der Waals surface area contributed by atoms with Gasteiger partial charge in [-0.25, -0.2) is 0 Å². The number of rotatable bonds is 9. The first-order valence-electron chi connectivity index (χ1n) is 9.66. The highest BCUT2D eigenvalue weighted by Crippen LogP contribution is 2.38. The monoisotopic (exact) mass is 381 g/mol.